The molecule has 0 atom stereocenters. The Morgan fingerprint density at radius 2 is 0.880 bits per heavy atom. The summed E-state index contributed by atoms with van der Waals surface area (Å²) in [7, 11) is 0. The molecule has 0 aliphatic heterocycles. The Morgan fingerprint density at radius 3 is 1.56 bits per heavy atom. The average Bonchev–Trinajstić information content (AvgIpc) is 3.69. The monoisotopic (exact) mass is 643 g/mol. The summed E-state index contributed by atoms with van der Waals surface area (Å²) in [5, 5.41) is 11.0. The van der Waals surface area contributed by atoms with Gasteiger partial charge in [0.15, 0.2) is 0 Å². The number of benzene rings is 7. The van der Waals surface area contributed by atoms with E-state index in [-0.39, 0.29) is 0 Å². The molecule has 7 aromatic carbocycles. The third-order valence-corrected chi connectivity index (χ3v) is 8.85. The topological polar surface area (TPSA) is 67.9 Å². The van der Waals surface area contributed by atoms with Gasteiger partial charge in [-0.25, -0.2) is 9.97 Å². The maximum absolute atomic E-state index is 6.21. The fraction of sp³-hybridized carbons (Fsp3) is 0. The summed E-state index contributed by atoms with van der Waals surface area (Å²) >= 11 is 0. The molecule has 0 unspecified atom stereocenters. The molecule has 6 nitrogen and oxygen atoms in total. The van der Waals surface area contributed by atoms with Crippen molar-refractivity contribution < 1.29 is 4.42 Å². The minimum atomic E-state index is 0.473. The molecule has 0 spiro atoms. The largest absolute Gasteiger partial charge is 0.416 e. The average molecular weight is 644 g/mol. The van der Waals surface area contributed by atoms with Crippen LogP contribution in [0, 0.1) is 0 Å². The predicted molar refractivity (Wildman–Crippen MR) is 201 cm³/mol. The van der Waals surface area contributed by atoms with Crippen LogP contribution in [0.4, 0.5) is 17.1 Å². The van der Waals surface area contributed by atoms with Crippen molar-refractivity contribution in [2.75, 3.05) is 4.90 Å². The van der Waals surface area contributed by atoms with Gasteiger partial charge < -0.3 is 9.32 Å². The van der Waals surface area contributed by atoms with Crippen LogP contribution in [-0.2, 0) is 0 Å². The van der Waals surface area contributed by atoms with Gasteiger partial charge in [0.1, 0.15) is 0 Å². The van der Waals surface area contributed by atoms with Gasteiger partial charge in [0.25, 0.3) is 0 Å². The first kappa shape index (κ1) is 29.2. The van der Waals surface area contributed by atoms with E-state index in [1.807, 2.05) is 84.9 Å². The van der Waals surface area contributed by atoms with E-state index in [4.69, 9.17) is 14.4 Å². The van der Waals surface area contributed by atoms with E-state index in [2.05, 4.69) is 106 Å². The Bertz CT molecular complexity index is 2580. The summed E-state index contributed by atoms with van der Waals surface area (Å²) < 4.78 is 6.21. The van der Waals surface area contributed by atoms with E-state index in [9.17, 15) is 0 Å². The van der Waals surface area contributed by atoms with Gasteiger partial charge >= 0.3 is 0 Å². The highest BCUT2D eigenvalue weighted by Crippen LogP contribution is 2.38. The van der Waals surface area contributed by atoms with Crippen molar-refractivity contribution in [2.24, 2.45) is 0 Å². The minimum Gasteiger partial charge on any atom is -0.416 e. The maximum atomic E-state index is 6.21. The first-order valence-electron chi connectivity index (χ1n) is 16.5. The molecule has 9 aromatic rings. The van der Waals surface area contributed by atoms with Crippen LogP contribution in [0.5, 0.6) is 0 Å². The zero-order chi connectivity index (χ0) is 33.3. The quantitative estimate of drug-likeness (QED) is 0.172. The van der Waals surface area contributed by atoms with Gasteiger partial charge in [-0.15, -0.1) is 10.2 Å². The SMILES string of the molecule is c1ccc(-c2nc3ccccc3nc2-c2ccc(N(c3ccccc3)c3ccc(-c4nnc(-c5cccc6ccccc56)o4)cc3)cc2)cc1. The molecule has 9 rings (SSSR count). The minimum absolute atomic E-state index is 0.473. The molecule has 2 aromatic heterocycles. The number of nitrogens with zero attached hydrogens (tertiary/aromatic N) is 5. The molecule has 0 fully saturated rings. The highest BCUT2D eigenvalue weighted by atomic mass is 16.4. The molecule has 0 saturated carbocycles. The summed E-state index contributed by atoms with van der Waals surface area (Å²) in [5.41, 5.74) is 10.3. The van der Waals surface area contributed by atoms with Gasteiger partial charge in [-0.2, -0.15) is 0 Å². The van der Waals surface area contributed by atoms with Crippen LogP contribution < -0.4 is 4.90 Å². The lowest BCUT2D eigenvalue weighted by molar-refractivity contribution is 0.585. The molecule has 0 saturated heterocycles. The fourth-order valence-corrected chi connectivity index (χ4v) is 6.40. The van der Waals surface area contributed by atoms with Crippen molar-refractivity contribution in [1.82, 2.24) is 20.2 Å². The van der Waals surface area contributed by atoms with Gasteiger partial charge in [0.2, 0.25) is 11.8 Å². The van der Waals surface area contributed by atoms with Crippen molar-refractivity contribution in [3.63, 3.8) is 0 Å². The van der Waals surface area contributed by atoms with Crippen molar-refractivity contribution in [3.05, 3.63) is 176 Å². The molecule has 0 radical (unpaired) electrons. The molecule has 6 heteroatoms. The molecular formula is C44H29N5O. The first-order chi connectivity index (χ1) is 24.8. The normalized spacial score (nSPS) is 11.2. The van der Waals surface area contributed by atoms with Crippen molar-refractivity contribution in [3.8, 4) is 45.4 Å². The molecule has 2 heterocycles. The summed E-state index contributed by atoms with van der Waals surface area (Å²) in [6.07, 6.45) is 0. The number of aromatic nitrogens is 4. The van der Waals surface area contributed by atoms with Crippen LogP contribution in [0.15, 0.2) is 180 Å². The van der Waals surface area contributed by atoms with Crippen LogP contribution in [0.3, 0.4) is 0 Å². The Kier molecular flexibility index (Phi) is 7.37. The van der Waals surface area contributed by atoms with E-state index < -0.39 is 0 Å². The second-order valence-corrected chi connectivity index (χ2v) is 12.0. The number of anilines is 3. The van der Waals surface area contributed by atoms with Crippen LogP contribution in [0.1, 0.15) is 0 Å². The fourth-order valence-electron chi connectivity index (χ4n) is 6.40. The Morgan fingerprint density at radius 1 is 0.380 bits per heavy atom. The summed E-state index contributed by atoms with van der Waals surface area (Å²) in [6, 6.07) is 59.7. The van der Waals surface area contributed by atoms with Gasteiger partial charge in [-0.05, 0) is 77.5 Å². The van der Waals surface area contributed by atoms with Crippen LogP contribution in [0.25, 0.3) is 67.2 Å². The highest BCUT2D eigenvalue weighted by Gasteiger charge is 2.18. The maximum Gasteiger partial charge on any atom is 0.248 e. The van der Waals surface area contributed by atoms with Gasteiger partial charge in [-0.3, -0.25) is 0 Å². The summed E-state index contributed by atoms with van der Waals surface area (Å²) in [4.78, 5) is 12.4. The van der Waals surface area contributed by atoms with E-state index in [0.717, 1.165) is 72.5 Å². The molecule has 236 valence electrons. The molecule has 0 N–H and O–H groups in total. The Balaban J connectivity index is 1.06. The third kappa shape index (κ3) is 5.45. The molecule has 0 amide bonds. The van der Waals surface area contributed by atoms with E-state index in [1.54, 1.807) is 0 Å². The number of hydrogen-bond acceptors (Lipinski definition) is 6. The molecule has 0 bridgehead atoms. The van der Waals surface area contributed by atoms with E-state index in [1.165, 1.54) is 0 Å². The highest BCUT2D eigenvalue weighted by molar-refractivity contribution is 5.95. The first-order valence-corrected chi connectivity index (χ1v) is 16.5. The number of para-hydroxylation sites is 3. The smallest absolute Gasteiger partial charge is 0.248 e. The molecule has 50 heavy (non-hydrogen) atoms. The van der Waals surface area contributed by atoms with Crippen LogP contribution in [-0.4, -0.2) is 20.2 Å². The van der Waals surface area contributed by atoms with Gasteiger partial charge in [-0.1, -0.05) is 109 Å². The van der Waals surface area contributed by atoms with Crippen molar-refractivity contribution in [1.29, 1.82) is 0 Å². The lowest BCUT2D eigenvalue weighted by Crippen LogP contribution is -2.09. The predicted octanol–water partition coefficient (Wildman–Crippen LogP) is 11.3. The Hall–Kier alpha value is -6.92. The summed E-state index contributed by atoms with van der Waals surface area (Å²) in [5.74, 6) is 0.971. The standard InChI is InChI=1S/C44H29N5O/c1-3-13-31(14-4-1)41-42(46-40-21-10-9-20-39(40)45-41)32-22-26-35(27-23-32)49(34-16-5-2-6-17-34)36-28-24-33(25-29-36)43-47-48-44(50-43)38-19-11-15-30-12-7-8-18-37(30)38/h1-29H. The lowest BCUT2D eigenvalue weighted by atomic mass is 10.0. The number of rotatable bonds is 7. The lowest BCUT2D eigenvalue weighted by Gasteiger charge is -2.25. The molecule has 0 aliphatic rings. The second-order valence-electron chi connectivity index (χ2n) is 12.0. The van der Waals surface area contributed by atoms with E-state index >= 15 is 0 Å². The van der Waals surface area contributed by atoms with Gasteiger partial charge in [0.05, 0.1) is 22.4 Å². The molecular weight excluding hydrogens is 615 g/mol. The van der Waals surface area contributed by atoms with Gasteiger partial charge in [0, 0.05) is 39.3 Å². The van der Waals surface area contributed by atoms with Crippen molar-refractivity contribution >= 4 is 38.9 Å². The number of fused-ring (bicyclic) bond motifs is 2. The third-order valence-electron chi connectivity index (χ3n) is 8.85. The van der Waals surface area contributed by atoms with Crippen molar-refractivity contribution in [2.45, 2.75) is 0 Å². The van der Waals surface area contributed by atoms with E-state index in [0.29, 0.717) is 11.8 Å². The van der Waals surface area contributed by atoms with Crippen LogP contribution >= 0.6 is 0 Å². The summed E-state index contributed by atoms with van der Waals surface area (Å²) in [6.45, 7) is 0. The van der Waals surface area contributed by atoms with Crippen LogP contribution in [0.2, 0.25) is 0 Å². The second kappa shape index (κ2) is 12.6. The molecule has 0 aliphatic carbocycles. The zero-order valence-electron chi connectivity index (χ0n) is 26.9. The zero-order valence-corrected chi connectivity index (χ0v) is 26.9. The number of hydrogen-bond donors (Lipinski definition) is 0. The Labute approximate surface area is 289 Å².